The van der Waals surface area contributed by atoms with E-state index in [4.69, 9.17) is 13.7 Å². The monoisotopic (exact) mass is 595 g/mol. The first-order valence-electron chi connectivity index (χ1n) is 9.80. The van der Waals surface area contributed by atoms with Crippen molar-refractivity contribution in [3.05, 3.63) is 41.0 Å². The molecule has 0 spiro atoms. The van der Waals surface area contributed by atoms with Crippen molar-refractivity contribution in [3.63, 3.8) is 0 Å². The van der Waals surface area contributed by atoms with Gasteiger partial charge in [-0.1, -0.05) is 0 Å². The van der Waals surface area contributed by atoms with Crippen molar-refractivity contribution in [1.29, 1.82) is 0 Å². The van der Waals surface area contributed by atoms with Gasteiger partial charge < -0.3 is 10.2 Å². The summed E-state index contributed by atoms with van der Waals surface area (Å²) in [6.45, 7) is 25.7. The first kappa shape index (κ1) is 33.3. The smallest absolute Gasteiger partial charge is 0.0449 e. The summed E-state index contributed by atoms with van der Waals surface area (Å²) in [6, 6.07) is 6.35. The average Bonchev–Trinajstić information content (AvgIpc) is 2.41. The third-order valence-corrected chi connectivity index (χ3v) is 4.01. The zero-order chi connectivity index (χ0) is 23.8. The molecule has 0 saturated carbocycles. The van der Waals surface area contributed by atoms with E-state index in [1.54, 1.807) is 41.5 Å². The molecule has 0 aromatic heterocycles. The molecule has 1 rings (SSSR count). The first-order chi connectivity index (χ1) is 12.8. The molecule has 0 amide bonds. The van der Waals surface area contributed by atoms with Gasteiger partial charge >= 0.3 is 100 Å². The second-order valence-corrected chi connectivity index (χ2v) is 14.6. The van der Waals surface area contributed by atoms with Crippen LogP contribution in [0.1, 0.15) is 66.5 Å². The van der Waals surface area contributed by atoms with Gasteiger partial charge in [0.15, 0.2) is 0 Å². The Labute approximate surface area is 190 Å². The number of rotatable bonds is 2. The van der Waals surface area contributed by atoms with E-state index in [0.29, 0.717) is 7.92 Å². The van der Waals surface area contributed by atoms with Crippen molar-refractivity contribution in [1.82, 2.24) is 0 Å². The molecule has 170 valence electrons. The SMILES string of the molecule is CC(C)(C)O.CC(C)(C)O.CC(C)=C[CH]=[W]=[N]c1c(C)cccc1C.CP(C)C. The van der Waals surface area contributed by atoms with E-state index >= 15 is 0 Å². The van der Waals surface area contributed by atoms with Crippen molar-refractivity contribution in [2.24, 2.45) is 3.50 Å². The summed E-state index contributed by atoms with van der Waals surface area (Å²) >= 11 is -0.691. The molecular formula is C24H46NO2PW. The Morgan fingerprint density at radius 2 is 1.21 bits per heavy atom. The van der Waals surface area contributed by atoms with Gasteiger partial charge in [-0.15, -0.1) is 7.92 Å². The number of aryl methyl sites for hydroxylation is 2. The van der Waals surface area contributed by atoms with E-state index in [0.717, 1.165) is 0 Å². The fourth-order valence-corrected chi connectivity index (χ4v) is 4.03. The molecule has 1 aromatic rings. The van der Waals surface area contributed by atoms with E-state index in [2.05, 4.69) is 76.4 Å². The van der Waals surface area contributed by atoms with E-state index < -0.39 is 29.1 Å². The van der Waals surface area contributed by atoms with Gasteiger partial charge in [0, 0.05) is 0 Å². The number of allylic oxidation sites excluding steroid dienone is 2. The zero-order valence-electron chi connectivity index (χ0n) is 21.1. The van der Waals surface area contributed by atoms with E-state index in [9.17, 15) is 0 Å². The molecule has 0 aliphatic rings. The van der Waals surface area contributed by atoms with Gasteiger partial charge in [-0.2, -0.15) is 0 Å². The Bertz CT molecular complexity index is 597. The first-order valence-corrected chi connectivity index (χ1v) is 15.5. The molecular weight excluding hydrogens is 549 g/mol. The maximum atomic E-state index is 8.52. The summed E-state index contributed by atoms with van der Waals surface area (Å²) in [5, 5.41) is 17.0. The molecule has 2 N–H and O–H groups in total. The number of aliphatic hydroxyl groups is 2. The van der Waals surface area contributed by atoms with Crippen LogP contribution in [0, 0.1) is 13.8 Å². The average molecular weight is 595 g/mol. The Morgan fingerprint density at radius 3 is 1.48 bits per heavy atom. The van der Waals surface area contributed by atoms with E-state index in [1.165, 1.54) is 22.4 Å². The molecule has 0 radical (unpaired) electrons. The second-order valence-electron chi connectivity index (χ2n) is 9.50. The van der Waals surface area contributed by atoms with Crippen LogP contribution >= 0.6 is 7.92 Å². The van der Waals surface area contributed by atoms with Gasteiger partial charge in [0.25, 0.3) is 0 Å². The Morgan fingerprint density at radius 1 is 0.897 bits per heavy atom. The minimum Gasteiger partial charge on any atom is -0.116 e. The van der Waals surface area contributed by atoms with Crippen LogP contribution in [0.5, 0.6) is 0 Å². The van der Waals surface area contributed by atoms with Crippen LogP contribution < -0.4 is 0 Å². The van der Waals surface area contributed by atoms with Gasteiger partial charge in [-0.05, 0) is 61.5 Å². The summed E-state index contributed by atoms with van der Waals surface area (Å²) in [5.41, 5.74) is 4.15. The topological polar surface area (TPSA) is 52.8 Å². The van der Waals surface area contributed by atoms with Gasteiger partial charge in [0.1, 0.15) is 0 Å². The Hall–Kier alpha value is -0.332. The molecule has 0 heterocycles. The van der Waals surface area contributed by atoms with Crippen LogP contribution in [-0.2, 0) is 17.9 Å². The molecule has 0 fully saturated rings. The van der Waals surface area contributed by atoms with E-state index in [1.807, 2.05) is 0 Å². The van der Waals surface area contributed by atoms with Crippen molar-refractivity contribution in [2.75, 3.05) is 20.0 Å². The normalized spacial score (nSPS) is 10.2. The minimum absolute atomic E-state index is 0.380. The van der Waals surface area contributed by atoms with Gasteiger partial charge in [0.05, 0.1) is 11.2 Å². The van der Waals surface area contributed by atoms with Crippen LogP contribution in [0.25, 0.3) is 0 Å². The van der Waals surface area contributed by atoms with Crippen LogP contribution in [0.15, 0.2) is 33.3 Å². The molecule has 0 atom stereocenters. The largest absolute Gasteiger partial charge is 0.116 e. The molecule has 0 bridgehead atoms. The summed E-state index contributed by atoms with van der Waals surface area (Å²) in [4.78, 5) is 0. The third-order valence-electron chi connectivity index (χ3n) is 2.05. The van der Waals surface area contributed by atoms with Crippen molar-refractivity contribution in [3.8, 4) is 0 Å². The summed E-state index contributed by atoms with van der Waals surface area (Å²) in [5.74, 6) is 0. The van der Waals surface area contributed by atoms with Crippen molar-refractivity contribution >= 4 is 18.0 Å². The molecule has 29 heavy (non-hydrogen) atoms. The van der Waals surface area contributed by atoms with Crippen molar-refractivity contribution in [2.45, 2.75) is 80.4 Å². The van der Waals surface area contributed by atoms with Crippen LogP contribution in [0.2, 0.25) is 0 Å². The van der Waals surface area contributed by atoms with Crippen molar-refractivity contribution < 1.29 is 28.1 Å². The van der Waals surface area contributed by atoms with Crippen LogP contribution in [-0.4, -0.2) is 45.8 Å². The van der Waals surface area contributed by atoms with Gasteiger partial charge in [-0.25, -0.2) is 0 Å². The molecule has 0 aliphatic carbocycles. The molecule has 3 nitrogen and oxygen atoms in total. The third kappa shape index (κ3) is 42.7. The van der Waals surface area contributed by atoms with Crippen LogP contribution in [0.4, 0.5) is 5.69 Å². The number of benzene rings is 1. The molecule has 0 aliphatic heterocycles. The predicted molar refractivity (Wildman–Crippen MR) is 132 cm³/mol. The second kappa shape index (κ2) is 17.4. The number of nitrogens with zero attached hydrogens (tertiary/aromatic N) is 1. The fourth-order valence-electron chi connectivity index (χ4n) is 1.20. The standard InChI is InChI=1S/C8H9N.C5H8.2C4H10O.C3H9P.W/c1-6-4-3-5-7(2)8(6)9;1-4-5(2)3;2*1-4(2,3)5;1-4(2)3;/h3-5H,1-2H3;1,4H,2-3H3;2*5H,1-3H3;1-3H3;. The van der Waals surface area contributed by atoms with Crippen LogP contribution in [0.3, 0.4) is 0 Å². The Balaban J connectivity index is -0.000000396. The molecule has 0 saturated heterocycles. The molecule has 5 heteroatoms. The van der Waals surface area contributed by atoms with Gasteiger partial charge in [-0.3, -0.25) is 0 Å². The maximum Gasteiger partial charge on any atom is -0.0449 e. The minimum atomic E-state index is -0.691. The summed E-state index contributed by atoms with van der Waals surface area (Å²) in [7, 11) is 0.380. The summed E-state index contributed by atoms with van der Waals surface area (Å²) in [6.07, 6.45) is 2.18. The number of hydrogen-bond donors (Lipinski definition) is 2. The maximum absolute atomic E-state index is 8.52. The molecule has 0 unspecified atom stereocenters. The van der Waals surface area contributed by atoms with Gasteiger partial charge in [0.2, 0.25) is 0 Å². The molecule has 1 aromatic carbocycles. The summed E-state index contributed by atoms with van der Waals surface area (Å²) < 4.78 is 7.01. The predicted octanol–water partition coefficient (Wildman–Crippen LogP) is 6.88. The van der Waals surface area contributed by atoms with E-state index in [-0.39, 0.29) is 0 Å². The Kier molecular flexibility index (Phi) is 19.9. The zero-order valence-corrected chi connectivity index (χ0v) is 24.9. The number of hydrogen-bond acceptors (Lipinski definition) is 3. The quantitative estimate of drug-likeness (QED) is 0.367. The fraction of sp³-hybridized carbons (Fsp3) is 0.625.